The molecule has 0 saturated heterocycles. The Morgan fingerprint density at radius 1 is 0.750 bits per heavy atom. The third kappa shape index (κ3) is 8.62. The summed E-state index contributed by atoms with van der Waals surface area (Å²) in [7, 11) is 0. The zero-order chi connectivity index (χ0) is 25.9. The molecule has 0 radical (unpaired) electrons. The average molecular weight is 616 g/mol. The molecule has 0 fully saturated rings. The Kier molecular flexibility index (Phi) is 10.2. The van der Waals surface area contributed by atoms with E-state index in [2.05, 4.69) is 52.9 Å². The Hall–Kier alpha value is -3.50. The first-order valence-corrected chi connectivity index (χ1v) is 12.4. The first-order chi connectivity index (χ1) is 17.3. The Balaban J connectivity index is 1.48. The van der Waals surface area contributed by atoms with E-state index < -0.39 is 11.8 Å². The zero-order valence-corrected chi connectivity index (χ0v) is 22.8. The first-order valence-electron chi connectivity index (χ1n) is 10.8. The molecule has 0 saturated carbocycles. The summed E-state index contributed by atoms with van der Waals surface area (Å²) in [5, 5.41) is 7.96. The van der Waals surface area contributed by atoms with Crippen molar-refractivity contribution in [3.05, 3.63) is 91.9 Å². The predicted molar refractivity (Wildman–Crippen MR) is 147 cm³/mol. The van der Waals surface area contributed by atoms with Crippen molar-refractivity contribution < 1.29 is 19.1 Å². The highest BCUT2D eigenvalue weighted by Crippen LogP contribution is 2.26. The van der Waals surface area contributed by atoms with E-state index in [0.717, 1.165) is 20.1 Å². The van der Waals surface area contributed by atoms with Crippen molar-refractivity contribution >= 4 is 56.1 Å². The molecule has 0 aliphatic carbocycles. The molecule has 186 valence electrons. The van der Waals surface area contributed by atoms with Crippen LogP contribution in [0.4, 0.5) is 0 Å². The molecule has 2 N–H and O–H groups in total. The third-order valence-electron chi connectivity index (χ3n) is 4.67. The number of hydrogen-bond acceptors (Lipinski definition) is 6. The molecule has 0 aromatic heterocycles. The zero-order valence-electron chi connectivity index (χ0n) is 19.6. The van der Waals surface area contributed by atoms with Gasteiger partial charge in [-0.2, -0.15) is 10.2 Å². The van der Waals surface area contributed by atoms with E-state index in [0.29, 0.717) is 22.6 Å². The molecule has 2 amide bonds. The number of hydrogen-bond donors (Lipinski definition) is 2. The summed E-state index contributed by atoms with van der Waals surface area (Å²) in [5.74, 6) is 0.329. The SMILES string of the molecule is Cc1ccc(OCC(=O)NN=Cc2ccccc2C=NNC(=O)COc2ccc(C)cc2Br)c(Br)c1. The van der Waals surface area contributed by atoms with Gasteiger partial charge in [0, 0.05) is 11.1 Å². The fourth-order valence-corrected chi connectivity index (χ4v) is 4.11. The Labute approximate surface area is 226 Å². The van der Waals surface area contributed by atoms with Gasteiger partial charge in [-0.25, -0.2) is 10.9 Å². The fraction of sp³-hybridized carbons (Fsp3) is 0.154. The topological polar surface area (TPSA) is 101 Å². The summed E-state index contributed by atoms with van der Waals surface area (Å²) in [4.78, 5) is 24.1. The van der Waals surface area contributed by atoms with Gasteiger partial charge in [0.05, 0.1) is 21.4 Å². The van der Waals surface area contributed by atoms with Gasteiger partial charge in [0.25, 0.3) is 11.8 Å². The number of benzene rings is 3. The molecule has 3 aromatic carbocycles. The van der Waals surface area contributed by atoms with E-state index >= 15 is 0 Å². The Morgan fingerprint density at radius 2 is 1.17 bits per heavy atom. The second-order valence-electron chi connectivity index (χ2n) is 7.66. The number of amides is 2. The summed E-state index contributed by atoms with van der Waals surface area (Å²) in [6.07, 6.45) is 2.97. The number of hydrazone groups is 2. The summed E-state index contributed by atoms with van der Waals surface area (Å²) in [5.41, 5.74) is 8.40. The molecular formula is C26H24Br2N4O4. The molecule has 0 atom stereocenters. The van der Waals surface area contributed by atoms with Crippen molar-refractivity contribution in [1.82, 2.24) is 10.9 Å². The number of aryl methyl sites for hydroxylation is 2. The summed E-state index contributed by atoms with van der Waals surface area (Å²) >= 11 is 6.82. The van der Waals surface area contributed by atoms with Crippen LogP contribution in [0.3, 0.4) is 0 Å². The van der Waals surface area contributed by atoms with Crippen molar-refractivity contribution in [3.63, 3.8) is 0 Å². The molecule has 10 heteroatoms. The molecule has 0 unspecified atom stereocenters. The van der Waals surface area contributed by atoms with Crippen molar-refractivity contribution in [2.75, 3.05) is 13.2 Å². The van der Waals surface area contributed by atoms with E-state index in [9.17, 15) is 9.59 Å². The van der Waals surface area contributed by atoms with Crippen molar-refractivity contribution in [1.29, 1.82) is 0 Å². The van der Waals surface area contributed by atoms with Crippen LogP contribution in [0.15, 0.2) is 79.8 Å². The van der Waals surface area contributed by atoms with Gasteiger partial charge in [0.2, 0.25) is 0 Å². The molecule has 0 aliphatic heterocycles. The number of halogens is 2. The lowest BCUT2D eigenvalue weighted by atomic mass is 10.1. The van der Waals surface area contributed by atoms with Crippen LogP contribution in [0.1, 0.15) is 22.3 Å². The van der Waals surface area contributed by atoms with Crippen LogP contribution in [-0.4, -0.2) is 37.5 Å². The van der Waals surface area contributed by atoms with Crippen LogP contribution in [0.5, 0.6) is 11.5 Å². The lowest BCUT2D eigenvalue weighted by Gasteiger charge is -2.08. The first kappa shape index (κ1) is 27.1. The molecule has 0 spiro atoms. The highest BCUT2D eigenvalue weighted by Gasteiger charge is 2.07. The standard InChI is InChI=1S/C26H24Br2N4O4/c1-17-7-9-23(21(27)11-17)35-15-25(33)31-29-13-19-5-3-4-6-20(19)14-30-32-26(34)16-36-24-10-8-18(2)12-22(24)28/h3-14H,15-16H2,1-2H3,(H,31,33)(H,32,34). The number of nitrogens with one attached hydrogen (secondary N) is 2. The average Bonchev–Trinajstić information content (AvgIpc) is 2.84. The molecule has 3 aromatic rings. The summed E-state index contributed by atoms with van der Waals surface area (Å²) < 4.78 is 12.6. The van der Waals surface area contributed by atoms with Gasteiger partial charge in [-0.15, -0.1) is 0 Å². The second-order valence-corrected chi connectivity index (χ2v) is 9.37. The number of rotatable bonds is 10. The van der Waals surface area contributed by atoms with E-state index in [1.165, 1.54) is 12.4 Å². The smallest absolute Gasteiger partial charge is 0.277 e. The lowest BCUT2D eigenvalue weighted by molar-refractivity contribution is -0.123. The molecule has 0 bridgehead atoms. The van der Waals surface area contributed by atoms with Crippen LogP contribution >= 0.6 is 31.9 Å². The fourth-order valence-electron chi connectivity index (χ4n) is 2.89. The highest BCUT2D eigenvalue weighted by atomic mass is 79.9. The van der Waals surface area contributed by atoms with Gasteiger partial charge in [-0.3, -0.25) is 9.59 Å². The van der Waals surface area contributed by atoms with Gasteiger partial charge in [0.15, 0.2) is 13.2 Å². The summed E-state index contributed by atoms with van der Waals surface area (Å²) in [6.45, 7) is 3.56. The summed E-state index contributed by atoms with van der Waals surface area (Å²) in [6, 6.07) is 18.4. The number of ether oxygens (including phenoxy) is 2. The number of carbonyl (C=O) groups is 2. The monoisotopic (exact) mass is 614 g/mol. The second kappa shape index (κ2) is 13.6. The molecule has 0 aliphatic rings. The normalized spacial score (nSPS) is 11.0. The van der Waals surface area contributed by atoms with E-state index in [1.807, 2.05) is 50.2 Å². The quantitative estimate of drug-likeness (QED) is 0.251. The number of nitrogens with zero attached hydrogens (tertiary/aromatic N) is 2. The lowest BCUT2D eigenvalue weighted by Crippen LogP contribution is -2.25. The predicted octanol–water partition coefficient (Wildman–Crippen LogP) is 4.89. The van der Waals surface area contributed by atoms with Gasteiger partial charge in [-0.05, 0) is 81.1 Å². The minimum Gasteiger partial charge on any atom is -0.483 e. The maximum absolute atomic E-state index is 12.1. The van der Waals surface area contributed by atoms with Crippen molar-refractivity contribution in [2.45, 2.75) is 13.8 Å². The van der Waals surface area contributed by atoms with Crippen LogP contribution in [0, 0.1) is 13.8 Å². The Morgan fingerprint density at radius 3 is 1.56 bits per heavy atom. The third-order valence-corrected chi connectivity index (χ3v) is 5.91. The molecule has 3 rings (SSSR count). The highest BCUT2D eigenvalue weighted by molar-refractivity contribution is 9.10. The molecule has 8 nitrogen and oxygen atoms in total. The minimum absolute atomic E-state index is 0.185. The van der Waals surface area contributed by atoms with Crippen LogP contribution in [0.2, 0.25) is 0 Å². The maximum Gasteiger partial charge on any atom is 0.277 e. The molecular weight excluding hydrogens is 592 g/mol. The van der Waals surface area contributed by atoms with Gasteiger partial charge in [-0.1, -0.05) is 36.4 Å². The Bertz CT molecular complexity index is 1200. The van der Waals surface area contributed by atoms with E-state index in [4.69, 9.17) is 9.47 Å². The van der Waals surface area contributed by atoms with Crippen molar-refractivity contribution in [2.24, 2.45) is 10.2 Å². The van der Waals surface area contributed by atoms with Crippen molar-refractivity contribution in [3.8, 4) is 11.5 Å². The van der Waals surface area contributed by atoms with Crippen LogP contribution in [-0.2, 0) is 9.59 Å². The molecule has 0 heterocycles. The van der Waals surface area contributed by atoms with E-state index in [1.54, 1.807) is 24.3 Å². The van der Waals surface area contributed by atoms with Gasteiger partial charge in [0.1, 0.15) is 11.5 Å². The van der Waals surface area contributed by atoms with Crippen LogP contribution in [0.25, 0.3) is 0 Å². The minimum atomic E-state index is -0.405. The molecule has 36 heavy (non-hydrogen) atoms. The van der Waals surface area contributed by atoms with Crippen LogP contribution < -0.4 is 20.3 Å². The maximum atomic E-state index is 12.1. The van der Waals surface area contributed by atoms with Gasteiger partial charge < -0.3 is 9.47 Å². The van der Waals surface area contributed by atoms with E-state index in [-0.39, 0.29) is 13.2 Å². The van der Waals surface area contributed by atoms with Gasteiger partial charge >= 0.3 is 0 Å². The largest absolute Gasteiger partial charge is 0.483 e. The number of carbonyl (C=O) groups excluding carboxylic acids is 2.